The molecule has 0 bridgehead atoms. The van der Waals surface area contributed by atoms with Gasteiger partial charge in [-0.2, -0.15) is 0 Å². The van der Waals surface area contributed by atoms with Crippen LogP contribution >= 0.6 is 24.8 Å². The van der Waals surface area contributed by atoms with E-state index < -0.39 is 0 Å². The first-order valence-electron chi connectivity index (χ1n) is 7.07. The largest absolute Gasteiger partial charge is 0.662 e. The van der Waals surface area contributed by atoms with E-state index in [9.17, 15) is 0 Å². The van der Waals surface area contributed by atoms with Gasteiger partial charge in [-0.15, -0.1) is 37.9 Å². The molecule has 0 saturated heterocycles. The third-order valence-electron chi connectivity index (χ3n) is 2.34. The Balaban J connectivity index is -0.0000000992. The van der Waals surface area contributed by atoms with E-state index in [2.05, 4.69) is 19.2 Å². The third kappa shape index (κ3) is 45.3. The van der Waals surface area contributed by atoms with Crippen molar-refractivity contribution >= 4 is 24.8 Å². The zero-order valence-corrected chi connectivity index (χ0v) is 16.2. The van der Waals surface area contributed by atoms with Crippen LogP contribution in [0.15, 0.2) is 0 Å². The number of aliphatic hydroxyl groups is 1. The van der Waals surface area contributed by atoms with Gasteiger partial charge in [0.25, 0.3) is 0 Å². The summed E-state index contributed by atoms with van der Waals surface area (Å²) >= 11 is 0. The second-order valence-corrected chi connectivity index (χ2v) is 4.11. The Hall–Kier alpha value is 1.21. The molecule has 0 aromatic heterocycles. The molecule has 0 amide bonds. The molecule has 0 aliphatic heterocycles. The van der Waals surface area contributed by atoms with Crippen molar-refractivity contribution in [1.29, 1.82) is 0 Å². The molecule has 19 heavy (non-hydrogen) atoms. The molecule has 0 fully saturated rings. The molecule has 0 aromatic carbocycles. The minimum Gasteiger partial charge on any atom is -0.662 e. The summed E-state index contributed by atoms with van der Waals surface area (Å²) in [6.45, 7) is 8.64. The molecule has 0 saturated carbocycles. The van der Waals surface area contributed by atoms with E-state index in [4.69, 9.17) is 5.11 Å². The number of rotatable bonds is 10. The summed E-state index contributed by atoms with van der Waals surface area (Å²) in [5, 5.41) is 12.1. The second-order valence-electron chi connectivity index (χ2n) is 4.11. The summed E-state index contributed by atoms with van der Waals surface area (Å²) in [7, 11) is 0. The summed E-state index contributed by atoms with van der Waals surface area (Å²) in [6, 6.07) is 0. The van der Waals surface area contributed by atoms with Crippen molar-refractivity contribution in [2.45, 2.75) is 72.1 Å². The Morgan fingerprint density at radius 2 is 1.00 bits per heavy atom. The molecule has 0 heterocycles. The smallest absolute Gasteiger partial charge is 0.0402 e. The van der Waals surface area contributed by atoms with Crippen LogP contribution < -0.4 is 0 Å². The maximum atomic E-state index is 7.57. The molecule has 0 aromatic rings. The van der Waals surface area contributed by atoms with Gasteiger partial charge in [-0.25, -0.2) is 0 Å². The fourth-order valence-electron chi connectivity index (χ4n) is 1.41. The maximum Gasteiger partial charge on any atom is 0.0402 e. The quantitative estimate of drug-likeness (QED) is 0.417. The molecule has 0 unspecified atom stereocenters. The Morgan fingerprint density at radius 3 is 1.26 bits per heavy atom. The zero-order valence-electron chi connectivity index (χ0n) is 13.0. The first-order valence-corrected chi connectivity index (χ1v) is 7.07. The molecule has 0 atom stereocenters. The summed E-state index contributed by atoms with van der Waals surface area (Å²) in [4.78, 5) is 0. The Morgan fingerprint density at radius 1 is 0.684 bits per heavy atom. The standard InChI is InChI=1S/C12H26N.C2H6O.2ClH.Ti/c1-3-5-7-9-11-13-12-10-8-6-4-2;1-2-3;;;/h3-12H2,1-2H3;3H,2H2,1H3;2*1H;/q-1;;;;. The fourth-order valence-corrected chi connectivity index (χ4v) is 1.41. The van der Waals surface area contributed by atoms with Crippen LogP contribution in [-0.2, 0) is 21.7 Å². The topological polar surface area (TPSA) is 34.3 Å². The predicted octanol–water partition coefficient (Wildman–Crippen LogP) is 5.36. The van der Waals surface area contributed by atoms with Crippen LogP contribution in [0.2, 0.25) is 0 Å². The van der Waals surface area contributed by atoms with Crippen molar-refractivity contribution in [2.75, 3.05) is 19.7 Å². The first-order chi connectivity index (χ1) is 7.83. The number of hydrogen-bond acceptors (Lipinski definition) is 1. The Labute approximate surface area is 148 Å². The van der Waals surface area contributed by atoms with Crippen LogP contribution in [0.25, 0.3) is 5.32 Å². The molecular formula is C14H34Cl2NOTi-. The second kappa shape index (κ2) is 36.5. The van der Waals surface area contributed by atoms with Gasteiger partial charge in [0.1, 0.15) is 0 Å². The van der Waals surface area contributed by atoms with Crippen molar-refractivity contribution in [1.82, 2.24) is 0 Å². The van der Waals surface area contributed by atoms with Crippen molar-refractivity contribution in [3.05, 3.63) is 5.32 Å². The molecular weight excluding hydrogens is 317 g/mol. The van der Waals surface area contributed by atoms with Crippen LogP contribution in [0.3, 0.4) is 0 Å². The predicted molar refractivity (Wildman–Crippen MR) is 88.6 cm³/mol. The van der Waals surface area contributed by atoms with Gasteiger partial charge in [0, 0.05) is 28.3 Å². The minimum atomic E-state index is 0. The number of hydrogen-bond donors (Lipinski definition) is 1. The summed E-state index contributed by atoms with van der Waals surface area (Å²) in [5.74, 6) is 0. The summed E-state index contributed by atoms with van der Waals surface area (Å²) in [5.41, 5.74) is 0. The summed E-state index contributed by atoms with van der Waals surface area (Å²) < 4.78 is 0. The average molecular weight is 351 g/mol. The van der Waals surface area contributed by atoms with Crippen molar-refractivity contribution in [3.63, 3.8) is 0 Å². The molecule has 1 N–H and O–H groups in total. The molecule has 120 valence electrons. The van der Waals surface area contributed by atoms with Gasteiger partial charge in [-0.1, -0.05) is 65.2 Å². The third-order valence-corrected chi connectivity index (χ3v) is 2.34. The van der Waals surface area contributed by atoms with Gasteiger partial charge in [0.15, 0.2) is 0 Å². The van der Waals surface area contributed by atoms with E-state index >= 15 is 0 Å². The number of halogens is 2. The molecule has 0 spiro atoms. The number of nitrogens with zero attached hydrogens (tertiary/aromatic N) is 1. The van der Waals surface area contributed by atoms with Crippen LogP contribution in [0.4, 0.5) is 0 Å². The van der Waals surface area contributed by atoms with E-state index in [1.807, 2.05) is 0 Å². The van der Waals surface area contributed by atoms with Gasteiger partial charge in [0.05, 0.1) is 0 Å². The SMILES string of the molecule is CCCCCC[N-]CCCCCC.CCO.Cl.Cl.[Ti]. The molecule has 5 heteroatoms. The fraction of sp³-hybridized carbons (Fsp3) is 1.00. The molecule has 0 aliphatic carbocycles. The normalized spacial score (nSPS) is 8.21. The van der Waals surface area contributed by atoms with E-state index in [1.165, 1.54) is 51.4 Å². The van der Waals surface area contributed by atoms with Crippen LogP contribution in [0.1, 0.15) is 72.1 Å². The molecule has 2 nitrogen and oxygen atoms in total. The minimum absolute atomic E-state index is 0. The zero-order chi connectivity index (χ0) is 12.5. The van der Waals surface area contributed by atoms with Crippen LogP contribution in [-0.4, -0.2) is 24.8 Å². The van der Waals surface area contributed by atoms with Crippen molar-refractivity contribution < 1.29 is 26.8 Å². The van der Waals surface area contributed by atoms with Gasteiger partial charge in [0.2, 0.25) is 0 Å². The van der Waals surface area contributed by atoms with Gasteiger partial charge in [-0.05, 0) is 6.92 Å². The Kier molecular flexibility index (Phi) is 61.9. The molecule has 0 aliphatic rings. The van der Waals surface area contributed by atoms with E-state index in [-0.39, 0.29) is 53.1 Å². The molecule has 0 rings (SSSR count). The van der Waals surface area contributed by atoms with Crippen molar-refractivity contribution in [2.24, 2.45) is 0 Å². The van der Waals surface area contributed by atoms with Crippen molar-refractivity contribution in [3.8, 4) is 0 Å². The van der Waals surface area contributed by atoms with E-state index in [1.54, 1.807) is 6.92 Å². The van der Waals surface area contributed by atoms with Gasteiger partial charge < -0.3 is 10.4 Å². The van der Waals surface area contributed by atoms with Crippen LogP contribution in [0.5, 0.6) is 0 Å². The monoisotopic (exact) mass is 350 g/mol. The molecule has 0 radical (unpaired) electrons. The Bertz CT molecular complexity index is 101. The summed E-state index contributed by atoms with van der Waals surface area (Å²) in [6.07, 6.45) is 10.8. The number of aliphatic hydroxyl groups excluding tert-OH is 1. The van der Waals surface area contributed by atoms with Gasteiger partial charge >= 0.3 is 0 Å². The van der Waals surface area contributed by atoms with E-state index in [0.717, 1.165) is 13.1 Å². The maximum absolute atomic E-state index is 7.57. The van der Waals surface area contributed by atoms with E-state index in [0.29, 0.717) is 0 Å². The first kappa shape index (κ1) is 32.2. The van der Waals surface area contributed by atoms with Crippen LogP contribution in [0, 0.1) is 0 Å². The average Bonchev–Trinajstić information content (AvgIpc) is 2.28. The van der Waals surface area contributed by atoms with Gasteiger partial charge in [-0.3, -0.25) is 0 Å². The number of unbranched alkanes of at least 4 members (excludes halogenated alkanes) is 6.